The summed E-state index contributed by atoms with van der Waals surface area (Å²) >= 11 is 0. The quantitative estimate of drug-likeness (QED) is 0.537. The predicted molar refractivity (Wildman–Crippen MR) is 125 cm³/mol. The number of nitrogens with zero attached hydrogens (tertiary/aromatic N) is 3. The summed E-state index contributed by atoms with van der Waals surface area (Å²) in [6, 6.07) is 17.0. The van der Waals surface area contributed by atoms with E-state index in [1.54, 1.807) is 14.0 Å². The lowest BCUT2D eigenvalue weighted by Crippen LogP contribution is -2.57. The molecule has 2 aromatic carbocycles. The van der Waals surface area contributed by atoms with Gasteiger partial charge in [0.15, 0.2) is 5.92 Å². The molecule has 1 N–H and O–H groups in total. The summed E-state index contributed by atoms with van der Waals surface area (Å²) in [5, 5.41) is 2.86. The molecule has 0 aliphatic carbocycles. The molecule has 4 rings (SSSR count). The van der Waals surface area contributed by atoms with Crippen LogP contribution < -0.4 is 10.1 Å². The van der Waals surface area contributed by atoms with Crippen molar-refractivity contribution in [2.45, 2.75) is 19.5 Å². The highest BCUT2D eigenvalue weighted by Crippen LogP contribution is 2.32. The zero-order chi connectivity index (χ0) is 23.2. The summed E-state index contributed by atoms with van der Waals surface area (Å²) in [4.78, 5) is 34.9. The van der Waals surface area contributed by atoms with Crippen molar-refractivity contribution in [3.8, 4) is 5.75 Å². The molecule has 2 heterocycles. The van der Waals surface area contributed by atoms with Crippen molar-refractivity contribution >= 4 is 17.8 Å². The van der Waals surface area contributed by atoms with Gasteiger partial charge in [0.25, 0.3) is 0 Å². The Kier molecular flexibility index (Phi) is 7.24. The molecule has 8 heteroatoms. The fourth-order valence-electron chi connectivity index (χ4n) is 4.23. The number of piperazine rings is 1. The maximum absolute atomic E-state index is 13.0. The minimum Gasteiger partial charge on any atom is -0.497 e. The average Bonchev–Trinajstić information content (AvgIpc) is 2.85. The Labute approximate surface area is 194 Å². The number of rotatable bonds is 6. The van der Waals surface area contributed by atoms with E-state index >= 15 is 0 Å². The first-order valence-electron chi connectivity index (χ1n) is 11.3. The van der Waals surface area contributed by atoms with Crippen LogP contribution in [0.15, 0.2) is 59.6 Å². The summed E-state index contributed by atoms with van der Waals surface area (Å²) in [6.07, 6.45) is 0. The highest BCUT2D eigenvalue weighted by molar-refractivity contribution is 6.08. The van der Waals surface area contributed by atoms with Gasteiger partial charge in [-0.15, -0.1) is 0 Å². The van der Waals surface area contributed by atoms with Crippen LogP contribution in [0, 0.1) is 5.92 Å². The Morgan fingerprint density at radius 3 is 2.39 bits per heavy atom. The summed E-state index contributed by atoms with van der Waals surface area (Å²) in [5.74, 6) is -0.759. The molecule has 0 unspecified atom stereocenters. The lowest BCUT2D eigenvalue weighted by Gasteiger charge is -2.39. The first-order chi connectivity index (χ1) is 16.1. The lowest BCUT2D eigenvalue weighted by atomic mass is 9.91. The highest BCUT2D eigenvalue weighted by Gasteiger charge is 2.42. The van der Waals surface area contributed by atoms with Crippen LogP contribution in [0.5, 0.6) is 5.75 Å². The van der Waals surface area contributed by atoms with Gasteiger partial charge in [-0.05, 0) is 30.2 Å². The second-order valence-electron chi connectivity index (χ2n) is 8.14. The summed E-state index contributed by atoms with van der Waals surface area (Å²) in [7, 11) is 1.60. The molecule has 0 spiro atoms. The minimum atomic E-state index is -1.03. The fourth-order valence-corrected chi connectivity index (χ4v) is 4.23. The van der Waals surface area contributed by atoms with Gasteiger partial charge in [-0.3, -0.25) is 19.8 Å². The molecule has 0 bridgehead atoms. The van der Waals surface area contributed by atoms with Crippen molar-refractivity contribution in [2.24, 2.45) is 10.9 Å². The molecular weight excluding hydrogens is 420 g/mol. The van der Waals surface area contributed by atoms with Crippen LogP contribution in [0.4, 0.5) is 0 Å². The first kappa shape index (κ1) is 22.8. The number of esters is 1. The Balaban J connectivity index is 1.51. The highest BCUT2D eigenvalue weighted by atomic mass is 16.5. The van der Waals surface area contributed by atoms with E-state index in [4.69, 9.17) is 14.5 Å². The van der Waals surface area contributed by atoms with Crippen LogP contribution >= 0.6 is 0 Å². The van der Waals surface area contributed by atoms with E-state index in [1.807, 2.05) is 30.3 Å². The fraction of sp³-hybridized carbons (Fsp3) is 0.400. The standard InChI is InChI=1S/C25H30N4O4/c1-3-33-24(31)21-22(19-9-11-20(32-2)12-10-19)26-25(27-23(21)30)29-15-13-28(14-16-29)17-18-7-5-4-6-8-18/h4-12,21-22H,3,13-17H2,1-2H3,(H,26,27,30)/t21-,22-/m0/s1. The number of hydrogen-bond donors (Lipinski definition) is 1. The third-order valence-electron chi connectivity index (χ3n) is 6.01. The number of methoxy groups -OCH3 is 1. The number of aliphatic imine (C=N–C) groups is 1. The summed E-state index contributed by atoms with van der Waals surface area (Å²) in [6.45, 7) is 6.03. The van der Waals surface area contributed by atoms with Gasteiger partial charge < -0.3 is 14.4 Å². The molecule has 0 radical (unpaired) electrons. The molecule has 0 aromatic heterocycles. The normalized spacial score (nSPS) is 21.2. The van der Waals surface area contributed by atoms with Crippen molar-refractivity contribution in [2.75, 3.05) is 39.9 Å². The second-order valence-corrected chi connectivity index (χ2v) is 8.14. The largest absolute Gasteiger partial charge is 0.497 e. The molecule has 8 nitrogen and oxygen atoms in total. The molecule has 33 heavy (non-hydrogen) atoms. The molecule has 2 aliphatic rings. The van der Waals surface area contributed by atoms with Gasteiger partial charge in [-0.25, -0.2) is 4.99 Å². The molecule has 1 fully saturated rings. The maximum atomic E-state index is 13.0. The predicted octanol–water partition coefficient (Wildman–Crippen LogP) is 2.22. The number of guanidine groups is 1. The Hall–Kier alpha value is -3.39. The third-order valence-corrected chi connectivity index (χ3v) is 6.01. The number of hydrogen-bond acceptors (Lipinski definition) is 7. The summed E-state index contributed by atoms with van der Waals surface area (Å²) in [5.41, 5.74) is 2.05. The number of carbonyl (C=O) groups is 2. The van der Waals surface area contributed by atoms with Gasteiger partial charge in [0.1, 0.15) is 11.8 Å². The average molecular weight is 451 g/mol. The van der Waals surface area contributed by atoms with E-state index in [9.17, 15) is 9.59 Å². The van der Waals surface area contributed by atoms with Gasteiger partial charge >= 0.3 is 5.97 Å². The van der Waals surface area contributed by atoms with E-state index in [0.717, 1.165) is 38.3 Å². The minimum absolute atomic E-state index is 0.206. The van der Waals surface area contributed by atoms with Crippen LogP contribution in [-0.4, -0.2) is 67.5 Å². The zero-order valence-corrected chi connectivity index (χ0v) is 19.1. The monoisotopic (exact) mass is 450 g/mol. The van der Waals surface area contributed by atoms with Crippen LogP contribution in [0.25, 0.3) is 0 Å². The zero-order valence-electron chi connectivity index (χ0n) is 19.1. The Morgan fingerprint density at radius 1 is 1.06 bits per heavy atom. The van der Waals surface area contributed by atoms with Crippen molar-refractivity contribution in [1.29, 1.82) is 0 Å². The number of nitrogens with one attached hydrogen (secondary N) is 1. The van der Waals surface area contributed by atoms with Gasteiger partial charge in [0.05, 0.1) is 13.7 Å². The molecule has 1 amide bonds. The van der Waals surface area contributed by atoms with Crippen molar-refractivity contribution in [1.82, 2.24) is 15.1 Å². The van der Waals surface area contributed by atoms with Crippen molar-refractivity contribution in [3.05, 3.63) is 65.7 Å². The topological polar surface area (TPSA) is 83.5 Å². The molecule has 174 valence electrons. The van der Waals surface area contributed by atoms with Crippen LogP contribution in [0.3, 0.4) is 0 Å². The van der Waals surface area contributed by atoms with Crippen LogP contribution in [0.1, 0.15) is 24.1 Å². The number of amides is 1. The number of benzene rings is 2. The number of ether oxygens (including phenoxy) is 2. The van der Waals surface area contributed by atoms with E-state index in [1.165, 1.54) is 5.56 Å². The Bertz CT molecular complexity index is 985. The van der Waals surface area contributed by atoms with Gasteiger partial charge in [-0.1, -0.05) is 42.5 Å². The molecule has 2 atom stereocenters. The molecule has 2 aromatic rings. The molecule has 1 saturated heterocycles. The van der Waals surface area contributed by atoms with Gasteiger partial charge in [0.2, 0.25) is 11.9 Å². The third kappa shape index (κ3) is 5.34. The van der Waals surface area contributed by atoms with E-state index < -0.39 is 17.9 Å². The second kappa shape index (κ2) is 10.5. The molecule has 2 aliphatic heterocycles. The SMILES string of the molecule is CCOC(=O)[C@@H]1C(=O)NC(N2CCN(Cc3ccccc3)CC2)=N[C@H]1c1ccc(OC)cc1. The summed E-state index contributed by atoms with van der Waals surface area (Å²) < 4.78 is 10.4. The Morgan fingerprint density at radius 2 is 1.76 bits per heavy atom. The molecular formula is C25H30N4O4. The smallest absolute Gasteiger partial charge is 0.321 e. The maximum Gasteiger partial charge on any atom is 0.321 e. The van der Waals surface area contributed by atoms with E-state index in [2.05, 4.69) is 39.4 Å². The first-order valence-corrected chi connectivity index (χ1v) is 11.3. The van der Waals surface area contributed by atoms with Crippen LogP contribution in [0.2, 0.25) is 0 Å². The van der Waals surface area contributed by atoms with Crippen molar-refractivity contribution < 1.29 is 19.1 Å². The van der Waals surface area contributed by atoms with Gasteiger partial charge in [0, 0.05) is 32.7 Å². The van der Waals surface area contributed by atoms with Crippen LogP contribution in [-0.2, 0) is 20.9 Å². The lowest BCUT2D eigenvalue weighted by molar-refractivity contribution is -0.153. The number of carbonyl (C=O) groups excluding carboxylic acids is 2. The van der Waals surface area contributed by atoms with E-state index in [0.29, 0.717) is 11.7 Å². The van der Waals surface area contributed by atoms with Crippen molar-refractivity contribution in [3.63, 3.8) is 0 Å². The molecule has 0 saturated carbocycles. The van der Waals surface area contributed by atoms with Gasteiger partial charge in [-0.2, -0.15) is 0 Å². The van der Waals surface area contributed by atoms with E-state index in [-0.39, 0.29) is 12.5 Å².